The first-order chi connectivity index (χ1) is 4.00. The molecule has 46 valence electrons. The molecule has 1 rings (SSSR count). The van der Waals surface area contributed by atoms with Gasteiger partial charge in [0.15, 0.2) is 0 Å². The average molecular weight is 112 g/mol. The van der Waals surface area contributed by atoms with Crippen molar-refractivity contribution in [1.82, 2.24) is 5.43 Å². The van der Waals surface area contributed by atoms with Gasteiger partial charge in [0.25, 0.3) is 0 Å². The highest BCUT2D eigenvalue weighted by Gasteiger charge is 1.89. The van der Waals surface area contributed by atoms with Gasteiger partial charge < -0.3 is 5.43 Å². The maximum atomic E-state index is 3.96. The lowest BCUT2D eigenvalue weighted by Gasteiger charge is -2.02. The molecule has 0 unspecified atom stereocenters. The first-order valence-electron chi connectivity index (χ1n) is 3.24. The van der Waals surface area contributed by atoms with Crippen LogP contribution < -0.4 is 5.43 Å². The zero-order valence-electron chi connectivity index (χ0n) is 5.06. The van der Waals surface area contributed by atoms with Crippen molar-refractivity contribution in [3.63, 3.8) is 0 Å². The van der Waals surface area contributed by atoms with E-state index >= 15 is 0 Å². The van der Waals surface area contributed by atoms with E-state index in [0.29, 0.717) is 0 Å². The maximum Gasteiger partial charge on any atom is 0.0329 e. The fraction of sp³-hybridized carbons (Fsp3) is 0.833. The van der Waals surface area contributed by atoms with E-state index in [4.69, 9.17) is 0 Å². The third-order valence-electron chi connectivity index (χ3n) is 1.30. The first-order valence-corrected chi connectivity index (χ1v) is 3.24. The molecule has 1 aliphatic rings. The van der Waals surface area contributed by atoms with Gasteiger partial charge in [-0.2, -0.15) is 5.10 Å². The van der Waals surface area contributed by atoms with Crippen molar-refractivity contribution in [2.45, 2.75) is 25.7 Å². The summed E-state index contributed by atoms with van der Waals surface area (Å²) in [6, 6.07) is 0. The summed E-state index contributed by atoms with van der Waals surface area (Å²) in [6.07, 6.45) is 7.04. The first kappa shape index (κ1) is 5.60. The minimum absolute atomic E-state index is 1.05. The number of rotatable bonds is 0. The normalized spacial score (nSPS) is 21.0. The molecule has 1 N–H and O–H groups in total. The second-order valence-corrected chi connectivity index (χ2v) is 2.07. The largest absolute Gasteiger partial charge is 0.310 e. The van der Waals surface area contributed by atoms with Crippen molar-refractivity contribution >= 4 is 6.21 Å². The van der Waals surface area contributed by atoms with Crippen molar-refractivity contribution in [1.29, 1.82) is 0 Å². The molecule has 0 fully saturated rings. The Morgan fingerprint density at radius 1 is 1.25 bits per heavy atom. The van der Waals surface area contributed by atoms with E-state index in [1.165, 1.54) is 19.3 Å². The van der Waals surface area contributed by atoms with Gasteiger partial charge in [-0.05, 0) is 19.3 Å². The molecule has 8 heavy (non-hydrogen) atoms. The van der Waals surface area contributed by atoms with E-state index in [1.54, 1.807) is 0 Å². The van der Waals surface area contributed by atoms with Crippen molar-refractivity contribution in [3.8, 4) is 0 Å². The summed E-state index contributed by atoms with van der Waals surface area (Å²) >= 11 is 0. The molecule has 0 spiro atoms. The van der Waals surface area contributed by atoms with Crippen LogP contribution in [0.25, 0.3) is 0 Å². The number of hydrogen-bond acceptors (Lipinski definition) is 2. The standard InChI is InChI=1S/C6H12N2/c1-2-4-6-8-7-5-3-1/h5,8H,1-4,6H2. The third-order valence-corrected chi connectivity index (χ3v) is 1.30. The summed E-state index contributed by atoms with van der Waals surface area (Å²) in [5, 5.41) is 3.96. The topological polar surface area (TPSA) is 24.4 Å². The lowest BCUT2D eigenvalue weighted by atomic mass is 10.2. The van der Waals surface area contributed by atoms with Crippen LogP contribution in [0.15, 0.2) is 5.10 Å². The maximum absolute atomic E-state index is 3.96. The highest BCUT2D eigenvalue weighted by molar-refractivity contribution is 5.56. The van der Waals surface area contributed by atoms with Gasteiger partial charge in [-0.3, -0.25) is 0 Å². The van der Waals surface area contributed by atoms with Crippen LogP contribution in [0.3, 0.4) is 0 Å². The van der Waals surface area contributed by atoms with E-state index in [9.17, 15) is 0 Å². The van der Waals surface area contributed by atoms with E-state index < -0.39 is 0 Å². The van der Waals surface area contributed by atoms with Gasteiger partial charge in [0.2, 0.25) is 0 Å². The predicted octanol–water partition coefficient (Wildman–Crippen LogP) is 1.14. The molecular weight excluding hydrogens is 100 g/mol. The van der Waals surface area contributed by atoms with Crippen molar-refractivity contribution < 1.29 is 0 Å². The molecule has 2 nitrogen and oxygen atoms in total. The van der Waals surface area contributed by atoms with Crippen LogP contribution in [0.4, 0.5) is 0 Å². The van der Waals surface area contributed by atoms with Gasteiger partial charge in [0.1, 0.15) is 0 Å². The third kappa shape index (κ3) is 1.96. The Bertz CT molecular complexity index is 68.6. The molecule has 1 heterocycles. The fourth-order valence-electron chi connectivity index (χ4n) is 0.810. The summed E-state index contributed by atoms with van der Waals surface area (Å²) < 4.78 is 0. The molecular formula is C6H12N2. The molecule has 0 aliphatic carbocycles. The van der Waals surface area contributed by atoms with E-state index in [0.717, 1.165) is 13.0 Å². The van der Waals surface area contributed by atoms with Crippen LogP contribution in [0, 0.1) is 0 Å². The lowest BCUT2D eigenvalue weighted by molar-refractivity contribution is 0.614. The highest BCUT2D eigenvalue weighted by atomic mass is 15.3. The predicted molar refractivity (Wildman–Crippen MR) is 35.0 cm³/mol. The summed E-state index contributed by atoms with van der Waals surface area (Å²) in [7, 11) is 0. The van der Waals surface area contributed by atoms with E-state index in [-0.39, 0.29) is 0 Å². The number of nitrogens with one attached hydrogen (secondary N) is 1. The van der Waals surface area contributed by atoms with Crippen LogP contribution in [0.1, 0.15) is 25.7 Å². The molecule has 0 aromatic rings. The summed E-state index contributed by atoms with van der Waals surface area (Å²) in [6.45, 7) is 1.05. The van der Waals surface area contributed by atoms with Crippen molar-refractivity contribution in [2.75, 3.05) is 6.54 Å². The zero-order valence-corrected chi connectivity index (χ0v) is 5.06. The molecule has 0 amide bonds. The Balaban J connectivity index is 2.17. The molecule has 0 aromatic heterocycles. The van der Waals surface area contributed by atoms with Gasteiger partial charge in [-0.1, -0.05) is 6.42 Å². The molecule has 0 radical (unpaired) electrons. The summed E-state index contributed by atoms with van der Waals surface area (Å²) in [4.78, 5) is 0. The van der Waals surface area contributed by atoms with Crippen LogP contribution in [-0.2, 0) is 0 Å². The van der Waals surface area contributed by atoms with Crippen LogP contribution in [0.2, 0.25) is 0 Å². The van der Waals surface area contributed by atoms with Crippen LogP contribution in [0.5, 0.6) is 0 Å². The second-order valence-electron chi connectivity index (χ2n) is 2.07. The van der Waals surface area contributed by atoms with Crippen molar-refractivity contribution in [2.24, 2.45) is 5.10 Å². The Morgan fingerprint density at radius 3 is 3.25 bits per heavy atom. The van der Waals surface area contributed by atoms with Gasteiger partial charge in [0.05, 0.1) is 0 Å². The van der Waals surface area contributed by atoms with Gasteiger partial charge in [-0.15, -0.1) is 0 Å². The van der Waals surface area contributed by atoms with Gasteiger partial charge in [-0.25, -0.2) is 0 Å². The quantitative estimate of drug-likeness (QED) is 0.499. The number of hydrazone groups is 1. The van der Waals surface area contributed by atoms with Gasteiger partial charge in [0, 0.05) is 12.8 Å². The Morgan fingerprint density at radius 2 is 2.25 bits per heavy atom. The van der Waals surface area contributed by atoms with E-state index in [1.807, 2.05) is 6.21 Å². The van der Waals surface area contributed by atoms with Crippen molar-refractivity contribution in [3.05, 3.63) is 0 Å². The average Bonchev–Trinajstić information content (AvgIpc) is 1.62. The molecule has 0 bridgehead atoms. The van der Waals surface area contributed by atoms with Crippen LogP contribution >= 0.6 is 0 Å². The Labute approximate surface area is 50.0 Å². The minimum atomic E-state index is 1.05. The Kier molecular flexibility index (Phi) is 2.43. The lowest BCUT2D eigenvalue weighted by Crippen LogP contribution is -2.09. The molecule has 0 aromatic carbocycles. The van der Waals surface area contributed by atoms with Gasteiger partial charge >= 0.3 is 0 Å². The number of hydrogen-bond donors (Lipinski definition) is 1. The highest BCUT2D eigenvalue weighted by Crippen LogP contribution is 1.98. The summed E-state index contributed by atoms with van der Waals surface area (Å²) in [5.74, 6) is 0. The molecule has 2 heteroatoms. The molecule has 1 aliphatic heterocycles. The molecule has 0 saturated carbocycles. The zero-order chi connectivity index (χ0) is 5.66. The van der Waals surface area contributed by atoms with Crippen LogP contribution in [-0.4, -0.2) is 12.8 Å². The minimum Gasteiger partial charge on any atom is -0.310 e. The monoisotopic (exact) mass is 112 g/mol. The summed E-state index contributed by atoms with van der Waals surface area (Å²) in [5.41, 5.74) is 2.96. The SMILES string of the molecule is C1=NNCCCCC1. The second kappa shape index (κ2) is 3.47. The molecule has 0 saturated heterocycles. The van der Waals surface area contributed by atoms with E-state index in [2.05, 4.69) is 10.5 Å². The number of nitrogens with zero attached hydrogens (tertiary/aromatic N) is 1. The molecule has 0 atom stereocenters. The fourth-order valence-corrected chi connectivity index (χ4v) is 0.810. The Hall–Kier alpha value is -0.530. The smallest absolute Gasteiger partial charge is 0.0329 e.